The molecule has 0 fully saturated rings. The van der Waals surface area contributed by atoms with Crippen LogP contribution in [0.25, 0.3) is 22.3 Å². The van der Waals surface area contributed by atoms with E-state index in [0.717, 1.165) is 22.3 Å². The summed E-state index contributed by atoms with van der Waals surface area (Å²) in [6.07, 6.45) is 1.94. The predicted octanol–water partition coefficient (Wildman–Crippen LogP) is 6.57. The summed E-state index contributed by atoms with van der Waals surface area (Å²) in [5.41, 5.74) is 8.09. The maximum atomic E-state index is 13.9. The third-order valence-corrected chi connectivity index (χ3v) is 9.16. The Morgan fingerprint density at radius 2 is 1.08 bits per heavy atom. The van der Waals surface area contributed by atoms with Gasteiger partial charge in [0.2, 0.25) is 0 Å². The van der Waals surface area contributed by atoms with Gasteiger partial charge in [0.15, 0.2) is 0 Å². The van der Waals surface area contributed by atoms with E-state index < -0.39 is 48.9 Å². The number of halogens is 2. The highest BCUT2D eigenvalue weighted by atomic mass is 19.1. The molecule has 0 saturated carbocycles. The summed E-state index contributed by atoms with van der Waals surface area (Å²) < 4.78 is 27.7. The van der Waals surface area contributed by atoms with Crippen LogP contribution in [-0.4, -0.2) is 63.6 Å². The molecular weight excluding hydrogens is 655 g/mol. The normalized spacial score (nSPS) is 14.6. The van der Waals surface area contributed by atoms with Gasteiger partial charge >= 0.3 is 11.9 Å². The van der Waals surface area contributed by atoms with Crippen molar-refractivity contribution in [3.8, 4) is 22.3 Å². The van der Waals surface area contributed by atoms with Crippen molar-refractivity contribution in [2.45, 2.75) is 58.7 Å². The monoisotopic (exact) mass is 703 g/mol. The first-order chi connectivity index (χ1) is 24.1. The van der Waals surface area contributed by atoms with Crippen molar-refractivity contribution in [3.63, 3.8) is 0 Å². The lowest BCUT2D eigenvalue weighted by molar-refractivity contribution is -0.152. The summed E-state index contributed by atoms with van der Waals surface area (Å²) in [7, 11) is 0. The molecule has 0 heterocycles. The van der Waals surface area contributed by atoms with E-state index in [1.165, 1.54) is 26.0 Å². The van der Waals surface area contributed by atoms with E-state index in [1.807, 2.05) is 48.5 Å². The zero-order valence-electron chi connectivity index (χ0n) is 29.3. The molecule has 0 radical (unpaired) electrons. The molecule has 7 N–H and O–H groups in total. The lowest BCUT2D eigenvalue weighted by Gasteiger charge is -2.28. The number of carboxylic acids is 2. The van der Waals surface area contributed by atoms with Crippen LogP contribution in [0.2, 0.25) is 13.1 Å². The van der Waals surface area contributed by atoms with Gasteiger partial charge in [-0.15, -0.1) is 0 Å². The fourth-order valence-electron chi connectivity index (χ4n) is 6.12. The van der Waals surface area contributed by atoms with Crippen LogP contribution in [0.3, 0.4) is 0 Å². The number of carbonyl (C=O) groups is 2. The van der Waals surface area contributed by atoms with Gasteiger partial charge in [0, 0.05) is 17.2 Å². The van der Waals surface area contributed by atoms with Gasteiger partial charge in [-0.25, -0.2) is 8.78 Å². The molecule has 0 aromatic heterocycles. The molecule has 8 nitrogen and oxygen atoms in total. The molecular formula is C40H48BF2NO7. The van der Waals surface area contributed by atoms with E-state index in [9.17, 15) is 43.8 Å². The fraction of sp³-hybridized carbons (Fsp3) is 0.350. The fourth-order valence-corrected chi connectivity index (χ4v) is 6.12. The standard InChI is InChI=1S/C21H26BFO4.C19H22FNO3/c1-21(14-24,20(25)26)12-16(13-22(2)27)11-15-7-9-17(10-8-15)18-5-3-4-6-19(18)23;1-19(12-22,18(23)24)11-15(21)10-13-6-8-14(9-7-13)16-4-2-3-5-17(16)20/h3-10,16,24,27H,11-14H2,1-2H3,(H,25,26);2-9,15,22H,10-12,21H2,1H3,(H,23,24)/t16-,21+;15-,19+/m11/s1. The molecule has 51 heavy (non-hydrogen) atoms. The van der Waals surface area contributed by atoms with Crippen LogP contribution in [0.5, 0.6) is 0 Å². The highest BCUT2D eigenvalue weighted by Gasteiger charge is 2.36. The minimum Gasteiger partial charge on any atom is -0.481 e. The predicted molar refractivity (Wildman–Crippen MR) is 196 cm³/mol. The van der Waals surface area contributed by atoms with Gasteiger partial charge in [0.1, 0.15) is 11.6 Å². The van der Waals surface area contributed by atoms with Crippen molar-refractivity contribution in [2.24, 2.45) is 22.5 Å². The van der Waals surface area contributed by atoms with Crippen molar-refractivity contribution >= 4 is 18.9 Å². The molecule has 0 amide bonds. The van der Waals surface area contributed by atoms with Gasteiger partial charge in [0.05, 0.1) is 24.0 Å². The molecule has 0 aliphatic carbocycles. The zero-order chi connectivity index (χ0) is 37.8. The van der Waals surface area contributed by atoms with E-state index in [1.54, 1.807) is 43.2 Å². The molecule has 0 unspecified atom stereocenters. The number of hydrogen-bond donors (Lipinski definition) is 6. The molecule has 0 spiro atoms. The molecule has 11 heteroatoms. The van der Waals surface area contributed by atoms with Gasteiger partial charge in [0.25, 0.3) is 6.92 Å². The third-order valence-electron chi connectivity index (χ3n) is 9.16. The summed E-state index contributed by atoms with van der Waals surface area (Å²) in [6, 6.07) is 27.6. The number of aliphatic hydroxyl groups excluding tert-OH is 2. The molecule has 4 aromatic rings. The number of carboxylic acid groups (broad SMARTS) is 2. The lowest BCUT2D eigenvalue weighted by atomic mass is 9.60. The molecule has 0 aliphatic rings. The maximum absolute atomic E-state index is 13.9. The van der Waals surface area contributed by atoms with Gasteiger partial charge in [-0.05, 0) is 86.2 Å². The quantitative estimate of drug-likeness (QED) is 0.0715. The molecule has 4 atom stereocenters. The smallest absolute Gasteiger partial charge is 0.311 e. The summed E-state index contributed by atoms with van der Waals surface area (Å²) >= 11 is 0. The minimum absolute atomic E-state index is 0.0995. The number of rotatable bonds is 16. The van der Waals surface area contributed by atoms with Crippen molar-refractivity contribution in [2.75, 3.05) is 13.2 Å². The minimum atomic E-state index is -1.24. The van der Waals surface area contributed by atoms with Gasteiger partial charge in [-0.2, -0.15) is 0 Å². The Kier molecular flexibility index (Phi) is 15.0. The van der Waals surface area contributed by atoms with E-state index in [4.69, 9.17) is 5.73 Å². The summed E-state index contributed by atoms with van der Waals surface area (Å²) in [5, 5.41) is 47.2. The van der Waals surface area contributed by atoms with Crippen molar-refractivity contribution in [1.29, 1.82) is 0 Å². The Morgan fingerprint density at radius 1 is 0.686 bits per heavy atom. The number of aliphatic carboxylic acids is 2. The van der Waals surface area contributed by atoms with Crippen molar-refractivity contribution in [1.82, 2.24) is 0 Å². The van der Waals surface area contributed by atoms with E-state index >= 15 is 0 Å². The first kappa shape index (κ1) is 41.0. The third kappa shape index (κ3) is 11.8. The second kappa shape index (κ2) is 18.7. The summed E-state index contributed by atoms with van der Waals surface area (Å²) in [4.78, 5) is 22.7. The highest BCUT2D eigenvalue weighted by Crippen LogP contribution is 2.32. The molecule has 4 rings (SSSR count). The van der Waals surface area contributed by atoms with Gasteiger partial charge < -0.3 is 31.2 Å². The SMILES string of the molecule is CB(O)C[C@H](Cc1ccc(-c2ccccc2F)cc1)C[C@@](C)(CO)C(=O)O.C[C@@](CO)(C[C@H](N)Cc1ccc(-c2ccccc2F)cc1)C(=O)O. The van der Waals surface area contributed by atoms with Gasteiger partial charge in [-0.3, -0.25) is 9.59 Å². The molecule has 0 saturated heterocycles. The Morgan fingerprint density at radius 3 is 1.45 bits per heavy atom. The van der Waals surface area contributed by atoms with Crippen LogP contribution < -0.4 is 5.73 Å². The van der Waals surface area contributed by atoms with Crippen LogP contribution in [0, 0.1) is 28.4 Å². The lowest BCUT2D eigenvalue weighted by Crippen LogP contribution is -2.39. The Balaban J connectivity index is 0.000000277. The summed E-state index contributed by atoms with van der Waals surface area (Å²) in [6.45, 7) is 3.20. The number of aliphatic hydroxyl groups is 2. The second-order valence-electron chi connectivity index (χ2n) is 13.9. The second-order valence-corrected chi connectivity index (χ2v) is 13.9. The first-order valence-corrected chi connectivity index (χ1v) is 16.9. The van der Waals surface area contributed by atoms with Crippen molar-refractivity contribution in [3.05, 3.63) is 120 Å². The average Bonchev–Trinajstić information content (AvgIpc) is 3.09. The van der Waals surface area contributed by atoms with Crippen LogP contribution in [0.1, 0.15) is 37.8 Å². The van der Waals surface area contributed by atoms with E-state index in [-0.39, 0.29) is 30.4 Å². The van der Waals surface area contributed by atoms with Crippen LogP contribution in [0.4, 0.5) is 8.78 Å². The van der Waals surface area contributed by atoms with E-state index in [2.05, 4.69) is 0 Å². The highest BCUT2D eigenvalue weighted by molar-refractivity contribution is 6.48. The van der Waals surface area contributed by atoms with Crippen LogP contribution in [0.15, 0.2) is 97.1 Å². The molecule has 0 aliphatic heterocycles. The Hall–Kier alpha value is -4.42. The Labute approximate surface area is 298 Å². The number of nitrogens with two attached hydrogens (primary N) is 1. The number of benzene rings is 4. The molecule has 272 valence electrons. The molecule has 4 aromatic carbocycles. The largest absolute Gasteiger partial charge is 0.481 e. The Bertz CT molecular complexity index is 1720. The van der Waals surface area contributed by atoms with E-state index in [0.29, 0.717) is 30.3 Å². The average molecular weight is 704 g/mol. The number of hydrogen-bond acceptors (Lipinski definition) is 6. The van der Waals surface area contributed by atoms with Gasteiger partial charge in [-0.1, -0.05) is 91.8 Å². The molecule has 0 bridgehead atoms. The maximum Gasteiger partial charge on any atom is 0.311 e. The topological polar surface area (TPSA) is 161 Å². The van der Waals surface area contributed by atoms with Crippen molar-refractivity contribution < 1.29 is 43.8 Å². The zero-order valence-corrected chi connectivity index (χ0v) is 29.3. The van der Waals surface area contributed by atoms with Crippen LogP contribution in [-0.2, 0) is 22.4 Å². The van der Waals surface area contributed by atoms with Crippen LogP contribution >= 0.6 is 0 Å². The first-order valence-electron chi connectivity index (χ1n) is 16.9. The summed E-state index contributed by atoms with van der Waals surface area (Å²) in [5.74, 6) is -2.76.